The van der Waals surface area contributed by atoms with Crippen molar-refractivity contribution >= 4 is 52.5 Å². The minimum absolute atomic E-state index is 0.0691. The minimum atomic E-state index is -0.863. The van der Waals surface area contributed by atoms with Gasteiger partial charge in [-0.05, 0) is 74.2 Å². The molecule has 3 saturated heterocycles. The number of rotatable bonds is 14. The summed E-state index contributed by atoms with van der Waals surface area (Å²) < 4.78 is 4.79. The van der Waals surface area contributed by atoms with Crippen molar-refractivity contribution in [1.29, 1.82) is 0 Å². The summed E-state index contributed by atoms with van der Waals surface area (Å²) in [5.41, 5.74) is 1.33. The summed E-state index contributed by atoms with van der Waals surface area (Å²) in [6.07, 6.45) is 5.40. The van der Waals surface area contributed by atoms with Gasteiger partial charge >= 0.3 is 0 Å². The van der Waals surface area contributed by atoms with E-state index in [1.165, 1.54) is 0 Å². The molecule has 3 amide bonds. The zero-order valence-electron chi connectivity index (χ0n) is 26.8. The van der Waals surface area contributed by atoms with Gasteiger partial charge in [0.25, 0.3) is 5.91 Å². The lowest BCUT2D eigenvalue weighted by Crippen LogP contribution is -2.58. The van der Waals surface area contributed by atoms with Crippen molar-refractivity contribution < 1.29 is 24.2 Å². The first-order chi connectivity index (χ1) is 22.2. The molecule has 10 heteroatoms. The number of ether oxygens (including phenoxy) is 1. The number of thioether (sulfide) groups is 1. The normalized spacial score (nSPS) is 25.9. The molecule has 2 aromatic rings. The predicted molar refractivity (Wildman–Crippen MR) is 185 cm³/mol. The summed E-state index contributed by atoms with van der Waals surface area (Å²) in [4.78, 5) is 49.3. The molecule has 3 heterocycles. The van der Waals surface area contributed by atoms with Crippen LogP contribution in [0.5, 0.6) is 5.75 Å². The van der Waals surface area contributed by atoms with Crippen LogP contribution in [0.15, 0.2) is 73.8 Å². The third kappa shape index (κ3) is 5.86. The molecule has 3 fully saturated rings. The monoisotopic (exact) mass is 665 g/mol. The Morgan fingerprint density at radius 2 is 1.65 bits per heavy atom. The SMILES string of the molecule is C=CCN(C(=O)C1N([C@@H](CO)[C@@H](C)CC)C(=O)[C@@H]2[C@H](C(=O)N(CC=C)c3ccc(OCC)cc3)[C@@H]3CCC12S3)c1ccc(Cl)cc1. The van der Waals surface area contributed by atoms with E-state index in [1.54, 1.807) is 62.9 Å². The fourth-order valence-corrected chi connectivity index (χ4v) is 9.88. The van der Waals surface area contributed by atoms with Crippen LogP contribution in [-0.4, -0.2) is 76.1 Å². The first kappa shape index (κ1) is 34.1. The molecular weight excluding hydrogens is 622 g/mol. The maximum atomic E-state index is 14.9. The highest BCUT2D eigenvalue weighted by Gasteiger charge is 2.75. The van der Waals surface area contributed by atoms with Crippen LogP contribution in [0.25, 0.3) is 0 Å². The van der Waals surface area contributed by atoms with Crippen LogP contribution in [0.1, 0.15) is 40.0 Å². The molecular formula is C36H44ClN3O5S. The number of fused-ring (bicyclic) bond motifs is 1. The first-order valence-electron chi connectivity index (χ1n) is 16.1. The van der Waals surface area contributed by atoms with Gasteiger partial charge in [-0.2, -0.15) is 0 Å². The summed E-state index contributed by atoms with van der Waals surface area (Å²) >= 11 is 7.80. The maximum absolute atomic E-state index is 14.9. The van der Waals surface area contributed by atoms with Gasteiger partial charge in [0.1, 0.15) is 11.8 Å². The van der Waals surface area contributed by atoms with Gasteiger partial charge in [0.15, 0.2) is 0 Å². The van der Waals surface area contributed by atoms with E-state index in [0.717, 1.165) is 0 Å². The number of nitrogens with zero attached hydrogens (tertiary/aromatic N) is 3. The van der Waals surface area contributed by atoms with Gasteiger partial charge in [-0.1, -0.05) is 44.0 Å². The zero-order chi connectivity index (χ0) is 33.2. The molecule has 246 valence electrons. The molecule has 0 saturated carbocycles. The zero-order valence-corrected chi connectivity index (χ0v) is 28.4. The van der Waals surface area contributed by atoms with Crippen LogP contribution in [0.4, 0.5) is 11.4 Å². The molecule has 2 aromatic carbocycles. The van der Waals surface area contributed by atoms with Gasteiger partial charge in [0.05, 0.1) is 35.8 Å². The summed E-state index contributed by atoms with van der Waals surface area (Å²) in [6, 6.07) is 13.0. The Kier molecular flexibility index (Phi) is 10.5. The van der Waals surface area contributed by atoms with Crippen LogP contribution in [0.2, 0.25) is 5.02 Å². The Morgan fingerprint density at radius 1 is 1.07 bits per heavy atom. The van der Waals surface area contributed by atoms with Gasteiger partial charge < -0.3 is 24.5 Å². The standard InChI is InChI=1S/C36H44ClN3O5S/c1-6-20-38(26-14-16-27(17-15-26)45-9-4)33(42)30-29-18-19-36(46-29)31(30)34(43)40(28(22-41)23(5)8-3)32(36)35(44)39(21-7-2)25-12-10-24(37)11-13-25/h6-7,10-17,23,28-32,41H,1-2,8-9,18-22H2,3-5H3/t23-,28-,29-,30+,31-,32?,36?/m0/s1. The highest BCUT2D eigenvalue weighted by molar-refractivity contribution is 8.02. The number of anilines is 2. The van der Waals surface area contributed by atoms with Crippen molar-refractivity contribution in [3.63, 3.8) is 0 Å². The molecule has 3 aliphatic heterocycles. The summed E-state index contributed by atoms with van der Waals surface area (Å²) in [5.74, 6) is -1.32. The van der Waals surface area contributed by atoms with Gasteiger partial charge in [-0.15, -0.1) is 24.9 Å². The second-order valence-electron chi connectivity index (χ2n) is 12.3. The third-order valence-electron chi connectivity index (χ3n) is 9.86. The largest absolute Gasteiger partial charge is 0.494 e. The summed E-state index contributed by atoms with van der Waals surface area (Å²) in [7, 11) is 0. The Labute approximate surface area is 281 Å². The fraction of sp³-hybridized carbons (Fsp3) is 0.472. The number of benzene rings is 2. The molecule has 7 atom stereocenters. The number of amides is 3. The van der Waals surface area contributed by atoms with Gasteiger partial charge in [0, 0.05) is 34.7 Å². The molecule has 8 nitrogen and oxygen atoms in total. The molecule has 0 aliphatic carbocycles. The molecule has 5 rings (SSSR count). The quantitative estimate of drug-likeness (QED) is 0.250. The fourth-order valence-electron chi connectivity index (χ4n) is 7.56. The van der Waals surface area contributed by atoms with Crippen LogP contribution < -0.4 is 14.5 Å². The smallest absolute Gasteiger partial charge is 0.251 e. The Morgan fingerprint density at radius 3 is 2.20 bits per heavy atom. The van der Waals surface area contributed by atoms with Crippen molar-refractivity contribution in [3.8, 4) is 5.75 Å². The molecule has 1 spiro atoms. The number of carbonyl (C=O) groups is 3. The highest BCUT2D eigenvalue weighted by Crippen LogP contribution is 2.67. The van der Waals surface area contributed by atoms with E-state index in [9.17, 15) is 19.5 Å². The topological polar surface area (TPSA) is 90.4 Å². The Bertz CT molecular complexity index is 1450. The Balaban J connectivity index is 1.58. The summed E-state index contributed by atoms with van der Waals surface area (Å²) in [6.45, 7) is 14.5. The predicted octanol–water partition coefficient (Wildman–Crippen LogP) is 5.98. The second kappa shape index (κ2) is 14.2. The van der Waals surface area contributed by atoms with Gasteiger partial charge in [-0.25, -0.2) is 0 Å². The molecule has 0 aromatic heterocycles. The minimum Gasteiger partial charge on any atom is -0.494 e. The summed E-state index contributed by atoms with van der Waals surface area (Å²) in [5, 5.41) is 11.1. The molecule has 0 radical (unpaired) electrons. The van der Waals surface area contributed by atoms with Crippen molar-refractivity contribution in [1.82, 2.24) is 4.90 Å². The molecule has 46 heavy (non-hydrogen) atoms. The van der Waals surface area contributed by atoms with Gasteiger partial charge in [0.2, 0.25) is 11.8 Å². The molecule has 2 unspecified atom stereocenters. The average molecular weight is 666 g/mol. The number of carbonyl (C=O) groups excluding carboxylic acids is 3. The van der Waals surface area contributed by atoms with Crippen LogP contribution >= 0.6 is 23.4 Å². The van der Waals surface area contributed by atoms with E-state index in [0.29, 0.717) is 48.0 Å². The van der Waals surface area contributed by atoms with Crippen molar-refractivity contribution in [2.24, 2.45) is 17.8 Å². The van der Waals surface area contributed by atoms with Crippen molar-refractivity contribution in [2.45, 2.75) is 62.1 Å². The first-order valence-corrected chi connectivity index (χ1v) is 17.4. The number of aliphatic hydroxyl groups excluding tert-OH is 1. The van der Waals surface area contributed by atoms with E-state index in [2.05, 4.69) is 13.2 Å². The lowest BCUT2D eigenvalue weighted by Gasteiger charge is -2.41. The molecule has 1 N–H and O–H groups in total. The van der Waals surface area contributed by atoms with Crippen LogP contribution in [0.3, 0.4) is 0 Å². The maximum Gasteiger partial charge on any atom is 0.251 e. The molecule has 2 bridgehead atoms. The number of likely N-dealkylation sites (tertiary alicyclic amines) is 1. The van der Waals surface area contributed by atoms with E-state index in [-0.39, 0.29) is 48.6 Å². The number of hydrogen-bond acceptors (Lipinski definition) is 6. The average Bonchev–Trinajstić information content (AvgIpc) is 3.71. The highest BCUT2D eigenvalue weighted by atomic mass is 35.5. The van der Waals surface area contributed by atoms with Gasteiger partial charge in [-0.3, -0.25) is 14.4 Å². The number of hydrogen-bond donors (Lipinski definition) is 1. The lowest BCUT2D eigenvalue weighted by molar-refractivity contribution is -0.143. The number of halogens is 1. The van der Waals surface area contributed by atoms with E-state index in [1.807, 2.05) is 45.0 Å². The second-order valence-corrected chi connectivity index (χ2v) is 14.4. The van der Waals surface area contributed by atoms with E-state index in [4.69, 9.17) is 16.3 Å². The Hall–Kier alpha value is -3.27. The molecule has 3 aliphatic rings. The van der Waals surface area contributed by atoms with Crippen molar-refractivity contribution in [2.75, 3.05) is 36.1 Å². The van der Waals surface area contributed by atoms with Crippen molar-refractivity contribution in [3.05, 3.63) is 78.9 Å². The lowest BCUT2D eigenvalue weighted by atomic mass is 9.70. The number of aliphatic hydroxyl groups is 1. The van der Waals surface area contributed by atoms with E-state index >= 15 is 0 Å². The third-order valence-corrected chi connectivity index (χ3v) is 12.1. The van der Waals surface area contributed by atoms with Crippen LogP contribution in [-0.2, 0) is 14.4 Å². The van der Waals surface area contributed by atoms with Crippen LogP contribution in [0, 0.1) is 17.8 Å². The van der Waals surface area contributed by atoms with E-state index < -0.39 is 28.7 Å².